The van der Waals surface area contributed by atoms with Crippen molar-refractivity contribution < 1.29 is 19.1 Å². The predicted octanol–water partition coefficient (Wildman–Crippen LogP) is 2.00. The van der Waals surface area contributed by atoms with Crippen molar-refractivity contribution in [2.24, 2.45) is 0 Å². The molecule has 0 radical (unpaired) electrons. The summed E-state index contributed by atoms with van der Waals surface area (Å²) >= 11 is 0. The summed E-state index contributed by atoms with van der Waals surface area (Å²) in [5.74, 6) is -0.493. The van der Waals surface area contributed by atoms with Gasteiger partial charge in [-0.15, -0.1) is 0 Å². The average Bonchev–Trinajstić information content (AvgIpc) is 2.42. The Morgan fingerprint density at radius 3 is 2.53 bits per heavy atom. The molecular weight excluding hydrogens is 198 g/mol. The van der Waals surface area contributed by atoms with Crippen LogP contribution in [0.25, 0.3) is 0 Å². The molecule has 5 nitrogen and oxygen atoms in total. The molecule has 0 saturated heterocycles. The first-order chi connectivity index (χ1) is 6.79. The Kier molecular flexibility index (Phi) is 3.14. The molecule has 5 heteroatoms. The van der Waals surface area contributed by atoms with Crippen molar-refractivity contribution in [2.75, 3.05) is 0 Å². The van der Waals surface area contributed by atoms with E-state index in [1.807, 2.05) is 20.8 Å². The summed E-state index contributed by atoms with van der Waals surface area (Å²) in [5.41, 5.74) is -0.353. The summed E-state index contributed by atoms with van der Waals surface area (Å²) in [6.07, 6.45) is 0. The molecule has 1 rings (SSSR count). The van der Waals surface area contributed by atoms with Crippen molar-refractivity contribution in [1.82, 2.24) is 4.98 Å². The third kappa shape index (κ3) is 3.36. The van der Waals surface area contributed by atoms with Gasteiger partial charge in [0.1, 0.15) is 12.4 Å². The summed E-state index contributed by atoms with van der Waals surface area (Å²) in [5, 5.41) is 8.74. The maximum absolute atomic E-state index is 10.7. The van der Waals surface area contributed by atoms with Gasteiger partial charge in [0, 0.05) is 0 Å². The molecule has 0 atom stereocenters. The number of aromatic nitrogens is 1. The topological polar surface area (TPSA) is 72.6 Å². The third-order valence-electron chi connectivity index (χ3n) is 1.67. The molecule has 0 fully saturated rings. The normalized spacial score (nSPS) is 11.7. The minimum Gasteiger partial charge on any atom is -0.476 e. The molecule has 84 valence electrons. The number of carboxylic acid groups (broad SMARTS) is 1. The van der Waals surface area contributed by atoms with Gasteiger partial charge in [-0.05, 0) is 27.7 Å². The third-order valence-corrected chi connectivity index (χ3v) is 1.67. The molecular formula is C10H15NO4. The van der Waals surface area contributed by atoms with E-state index in [4.69, 9.17) is 14.3 Å². The second kappa shape index (κ2) is 4.02. The smallest absolute Gasteiger partial charge is 0.358 e. The van der Waals surface area contributed by atoms with E-state index in [1.54, 1.807) is 6.92 Å². The largest absolute Gasteiger partial charge is 0.476 e. The quantitative estimate of drug-likeness (QED) is 0.831. The molecule has 0 spiro atoms. The first-order valence-electron chi connectivity index (χ1n) is 4.63. The highest BCUT2D eigenvalue weighted by molar-refractivity contribution is 5.86. The maximum Gasteiger partial charge on any atom is 0.358 e. The van der Waals surface area contributed by atoms with E-state index >= 15 is 0 Å². The molecule has 1 heterocycles. The van der Waals surface area contributed by atoms with Gasteiger partial charge in [0.05, 0.1) is 5.60 Å². The highest BCUT2D eigenvalue weighted by Crippen LogP contribution is 2.14. The van der Waals surface area contributed by atoms with Gasteiger partial charge in [-0.25, -0.2) is 9.78 Å². The SMILES string of the molecule is Cc1oc(COC(C)(C)C)nc1C(=O)O. The van der Waals surface area contributed by atoms with Gasteiger partial charge in [-0.3, -0.25) is 0 Å². The lowest BCUT2D eigenvalue weighted by Crippen LogP contribution is -2.18. The summed E-state index contributed by atoms with van der Waals surface area (Å²) in [7, 11) is 0. The number of oxazole rings is 1. The second-order valence-corrected chi connectivity index (χ2v) is 4.22. The minimum absolute atomic E-state index is 0.0532. The van der Waals surface area contributed by atoms with Crippen molar-refractivity contribution in [3.05, 3.63) is 17.3 Å². The van der Waals surface area contributed by atoms with E-state index in [0.29, 0.717) is 11.7 Å². The lowest BCUT2D eigenvalue weighted by molar-refractivity contribution is -0.0245. The number of carboxylic acids is 1. The van der Waals surface area contributed by atoms with Gasteiger partial charge in [0.2, 0.25) is 5.89 Å². The average molecular weight is 213 g/mol. The van der Waals surface area contributed by atoms with E-state index < -0.39 is 5.97 Å². The molecule has 0 aromatic carbocycles. The summed E-state index contributed by atoms with van der Waals surface area (Å²) < 4.78 is 10.6. The molecule has 0 unspecified atom stereocenters. The van der Waals surface area contributed by atoms with Gasteiger partial charge in [-0.1, -0.05) is 0 Å². The minimum atomic E-state index is -1.08. The summed E-state index contributed by atoms with van der Waals surface area (Å²) in [6.45, 7) is 7.46. The van der Waals surface area contributed by atoms with Crippen LogP contribution in [0.1, 0.15) is 42.9 Å². The van der Waals surface area contributed by atoms with Crippen LogP contribution in [-0.2, 0) is 11.3 Å². The molecule has 1 aromatic heterocycles. The van der Waals surface area contributed by atoms with Crippen LogP contribution < -0.4 is 0 Å². The number of nitrogens with zero attached hydrogens (tertiary/aromatic N) is 1. The fourth-order valence-electron chi connectivity index (χ4n) is 0.990. The highest BCUT2D eigenvalue weighted by atomic mass is 16.5. The number of aromatic carboxylic acids is 1. The van der Waals surface area contributed by atoms with E-state index in [2.05, 4.69) is 4.98 Å². The zero-order chi connectivity index (χ0) is 11.6. The Hall–Kier alpha value is -1.36. The monoisotopic (exact) mass is 213 g/mol. The zero-order valence-electron chi connectivity index (χ0n) is 9.33. The van der Waals surface area contributed by atoms with Crippen LogP contribution in [0.4, 0.5) is 0 Å². The molecule has 0 saturated carbocycles. The fraction of sp³-hybridized carbons (Fsp3) is 0.600. The maximum atomic E-state index is 10.7. The van der Waals surface area contributed by atoms with Crippen LogP contribution in [0.3, 0.4) is 0 Å². The van der Waals surface area contributed by atoms with Crippen LogP contribution in [0.5, 0.6) is 0 Å². The van der Waals surface area contributed by atoms with Gasteiger partial charge in [-0.2, -0.15) is 0 Å². The molecule has 0 aliphatic carbocycles. The van der Waals surface area contributed by atoms with Gasteiger partial charge < -0.3 is 14.3 Å². The van der Waals surface area contributed by atoms with E-state index in [9.17, 15) is 4.79 Å². The lowest BCUT2D eigenvalue weighted by atomic mass is 10.2. The Labute approximate surface area is 88.1 Å². The number of aryl methyl sites for hydroxylation is 1. The number of carbonyl (C=O) groups is 1. The van der Waals surface area contributed by atoms with E-state index in [0.717, 1.165) is 0 Å². The van der Waals surface area contributed by atoms with Crippen molar-refractivity contribution in [1.29, 1.82) is 0 Å². The number of hydrogen-bond donors (Lipinski definition) is 1. The Morgan fingerprint density at radius 2 is 2.13 bits per heavy atom. The molecule has 0 aliphatic rings. The standard InChI is InChI=1S/C10H15NO4/c1-6-8(9(12)13)11-7(15-6)5-14-10(2,3)4/h5H2,1-4H3,(H,12,13). The van der Waals surface area contributed by atoms with Crippen molar-refractivity contribution >= 4 is 5.97 Å². The molecule has 15 heavy (non-hydrogen) atoms. The lowest BCUT2D eigenvalue weighted by Gasteiger charge is -2.17. The first kappa shape index (κ1) is 11.7. The predicted molar refractivity (Wildman–Crippen MR) is 52.7 cm³/mol. The Balaban J connectivity index is 2.72. The van der Waals surface area contributed by atoms with Crippen molar-refractivity contribution in [3.8, 4) is 0 Å². The van der Waals surface area contributed by atoms with Crippen molar-refractivity contribution in [3.63, 3.8) is 0 Å². The van der Waals surface area contributed by atoms with Crippen molar-refractivity contribution in [2.45, 2.75) is 39.9 Å². The summed E-state index contributed by atoms with van der Waals surface area (Å²) in [6, 6.07) is 0. The first-order valence-corrected chi connectivity index (χ1v) is 4.63. The Bertz CT molecular complexity index is 362. The number of rotatable bonds is 3. The number of hydrogen-bond acceptors (Lipinski definition) is 4. The van der Waals surface area contributed by atoms with Crippen LogP contribution in [0.2, 0.25) is 0 Å². The van der Waals surface area contributed by atoms with Gasteiger partial charge in [0.25, 0.3) is 0 Å². The fourth-order valence-corrected chi connectivity index (χ4v) is 0.990. The van der Waals surface area contributed by atoms with Crippen LogP contribution in [-0.4, -0.2) is 21.7 Å². The Morgan fingerprint density at radius 1 is 1.53 bits per heavy atom. The van der Waals surface area contributed by atoms with Crippen LogP contribution in [0.15, 0.2) is 4.42 Å². The molecule has 0 amide bonds. The van der Waals surface area contributed by atoms with E-state index in [1.165, 1.54) is 0 Å². The zero-order valence-corrected chi connectivity index (χ0v) is 9.33. The number of ether oxygens (including phenoxy) is 1. The van der Waals surface area contributed by atoms with Gasteiger partial charge in [0.15, 0.2) is 5.69 Å². The van der Waals surface area contributed by atoms with Crippen LogP contribution in [0, 0.1) is 6.92 Å². The van der Waals surface area contributed by atoms with Gasteiger partial charge >= 0.3 is 5.97 Å². The molecule has 0 bridgehead atoms. The molecule has 0 aliphatic heterocycles. The molecule has 1 aromatic rings. The second-order valence-electron chi connectivity index (χ2n) is 4.22. The molecule has 1 N–H and O–H groups in total. The van der Waals surface area contributed by atoms with E-state index in [-0.39, 0.29) is 17.9 Å². The summed E-state index contributed by atoms with van der Waals surface area (Å²) in [4.78, 5) is 14.5. The highest BCUT2D eigenvalue weighted by Gasteiger charge is 2.18. The van der Waals surface area contributed by atoms with Crippen LogP contribution >= 0.6 is 0 Å².